The lowest BCUT2D eigenvalue weighted by Gasteiger charge is -2.14. The molecule has 0 amide bonds. The van der Waals surface area contributed by atoms with Gasteiger partial charge in [-0.3, -0.25) is 0 Å². The zero-order valence-electron chi connectivity index (χ0n) is 16.9. The standard InChI is InChI=1S/C19H22N6O4S/c1-26-11-6-5-7-14-15(11)23-19(30-14)25-18(21)24-17(20)22-10-8-12(27-2)16(29-4)13(9-10)28-3/h5-9H,1-4H3,(H5,20,21,22,23,24,25). The van der Waals surface area contributed by atoms with Gasteiger partial charge in [0.05, 0.1) is 33.1 Å². The second kappa shape index (κ2) is 9.18. The average molecular weight is 430 g/mol. The van der Waals surface area contributed by atoms with Crippen molar-refractivity contribution in [1.82, 2.24) is 4.98 Å². The summed E-state index contributed by atoms with van der Waals surface area (Å²) in [4.78, 5) is 12.7. The van der Waals surface area contributed by atoms with Crippen molar-refractivity contribution in [1.29, 1.82) is 0 Å². The third-order valence-corrected chi connectivity index (χ3v) is 4.89. The lowest BCUT2D eigenvalue weighted by Crippen LogP contribution is -2.26. The number of para-hydroxylation sites is 1. The number of nitrogens with zero attached hydrogens (tertiary/aromatic N) is 3. The van der Waals surface area contributed by atoms with Gasteiger partial charge in [-0.05, 0) is 12.1 Å². The first kappa shape index (κ1) is 21.0. The van der Waals surface area contributed by atoms with Crippen LogP contribution in [0.4, 0.5) is 10.8 Å². The minimum atomic E-state index is -0.0505. The molecule has 0 saturated carbocycles. The smallest absolute Gasteiger partial charge is 0.226 e. The van der Waals surface area contributed by atoms with Crippen molar-refractivity contribution in [2.75, 3.05) is 33.8 Å². The second-order valence-electron chi connectivity index (χ2n) is 5.81. The van der Waals surface area contributed by atoms with E-state index < -0.39 is 0 Å². The van der Waals surface area contributed by atoms with E-state index in [1.54, 1.807) is 19.2 Å². The molecule has 0 aliphatic heterocycles. The molecule has 5 N–H and O–H groups in total. The van der Waals surface area contributed by atoms with Crippen LogP contribution in [0.3, 0.4) is 0 Å². The highest BCUT2D eigenvalue weighted by Gasteiger charge is 2.14. The number of nitrogens with two attached hydrogens (primary N) is 2. The minimum Gasteiger partial charge on any atom is -0.494 e. The number of nitrogens with one attached hydrogen (secondary N) is 1. The Morgan fingerprint density at radius 3 is 2.23 bits per heavy atom. The summed E-state index contributed by atoms with van der Waals surface area (Å²) in [7, 11) is 6.16. The van der Waals surface area contributed by atoms with Crippen LogP contribution in [0.1, 0.15) is 0 Å². The summed E-state index contributed by atoms with van der Waals surface area (Å²) in [6.07, 6.45) is 0. The number of aromatic nitrogens is 1. The van der Waals surface area contributed by atoms with E-state index in [-0.39, 0.29) is 11.9 Å². The van der Waals surface area contributed by atoms with Gasteiger partial charge in [0, 0.05) is 17.8 Å². The zero-order valence-corrected chi connectivity index (χ0v) is 17.7. The number of hydrogen-bond acceptors (Lipinski definition) is 7. The first-order chi connectivity index (χ1) is 14.5. The van der Waals surface area contributed by atoms with Crippen LogP contribution in [-0.4, -0.2) is 45.3 Å². The number of anilines is 1. The summed E-state index contributed by atoms with van der Waals surface area (Å²) in [6, 6.07) is 9.02. The van der Waals surface area contributed by atoms with Crippen molar-refractivity contribution in [3.05, 3.63) is 30.3 Å². The van der Waals surface area contributed by atoms with Crippen LogP contribution in [-0.2, 0) is 0 Å². The molecule has 0 bridgehead atoms. The zero-order chi connectivity index (χ0) is 21.7. The van der Waals surface area contributed by atoms with Crippen LogP contribution < -0.4 is 35.7 Å². The fraction of sp³-hybridized carbons (Fsp3) is 0.211. The molecule has 0 aliphatic carbocycles. The number of fused-ring (bicyclic) bond motifs is 1. The van der Waals surface area contributed by atoms with E-state index in [2.05, 4.69) is 20.3 Å². The second-order valence-corrected chi connectivity index (χ2v) is 6.82. The molecule has 0 aliphatic rings. The normalized spacial score (nSPS) is 12.0. The molecule has 1 aromatic heterocycles. The fourth-order valence-corrected chi connectivity index (χ4v) is 3.56. The summed E-state index contributed by atoms with van der Waals surface area (Å²) in [6.45, 7) is 0. The van der Waals surface area contributed by atoms with E-state index in [1.807, 2.05) is 18.2 Å². The Balaban J connectivity index is 1.83. The number of thiazole rings is 1. The van der Waals surface area contributed by atoms with Crippen molar-refractivity contribution < 1.29 is 18.9 Å². The summed E-state index contributed by atoms with van der Waals surface area (Å²) in [5, 5.41) is 3.36. The van der Waals surface area contributed by atoms with E-state index in [4.69, 9.17) is 30.4 Å². The predicted octanol–water partition coefficient (Wildman–Crippen LogP) is 2.70. The topological polar surface area (TPSA) is 139 Å². The molecule has 0 atom stereocenters. The highest BCUT2D eigenvalue weighted by atomic mass is 32.1. The quantitative estimate of drug-likeness (QED) is 0.401. The Hall–Kier alpha value is -3.73. The molecule has 10 nitrogen and oxygen atoms in total. The minimum absolute atomic E-state index is 0.0317. The molecular formula is C19H22N6O4S. The first-order valence-corrected chi connectivity index (χ1v) is 9.49. The number of benzene rings is 2. The number of hydrogen-bond donors (Lipinski definition) is 3. The Kier molecular flexibility index (Phi) is 6.42. The van der Waals surface area contributed by atoms with Crippen LogP contribution in [0.5, 0.6) is 23.0 Å². The van der Waals surface area contributed by atoms with Crippen LogP contribution in [0.2, 0.25) is 0 Å². The van der Waals surface area contributed by atoms with Crippen LogP contribution in [0, 0.1) is 0 Å². The van der Waals surface area contributed by atoms with Crippen LogP contribution >= 0.6 is 11.3 Å². The van der Waals surface area contributed by atoms with E-state index in [1.165, 1.54) is 32.7 Å². The molecular weight excluding hydrogens is 408 g/mol. The van der Waals surface area contributed by atoms with Crippen molar-refractivity contribution in [2.24, 2.45) is 21.5 Å². The van der Waals surface area contributed by atoms with E-state index in [9.17, 15) is 0 Å². The first-order valence-electron chi connectivity index (χ1n) is 8.68. The molecule has 3 aromatic rings. The number of ether oxygens (including phenoxy) is 4. The largest absolute Gasteiger partial charge is 0.494 e. The SMILES string of the molecule is COc1cc(NC(N)=NC(N)=Nc2nc3c(OC)cccc3s2)cc(OC)c1OC. The van der Waals surface area contributed by atoms with Gasteiger partial charge in [0.15, 0.2) is 11.5 Å². The molecule has 1 heterocycles. The Morgan fingerprint density at radius 1 is 0.967 bits per heavy atom. The number of aliphatic imine (C=N–C) groups is 2. The summed E-state index contributed by atoms with van der Waals surface area (Å²) in [5.41, 5.74) is 13.2. The lowest BCUT2D eigenvalue weighted by atomic mass is 10.2. The molecule has 11 heteroatoms. The molecule has 0 fully saturated rings. The van der Waals surface area contributed by atoms with Crippen molar-refractivity contribution >= 4 is 44.3 Å². The Morgan fingerprint density at radius 2 is 1.63 bits per heavy atom. The van der Waals surface area contributed by atoms with Crippen molar-refractivity contribution in [3.8, 4) is 23.0 Å². The van der Waals surface area contributed by atoms with E-state index in [0.717, 1.165) is 4.70 Å². The van der Waals surface area contributed by atoms with Gasteiger partial charge in [-0.2, -0.15) is 9.98 Å². The molecule has 0 radical (unpaired) electrons. The maximum atomic E-state index is 5.96. The molecule has 30 heavy (non-hydrogen) atoms. The third kappa shape index (κ3) is 4.46. The molecule has 3 rings (SSSR count). The van der Waals surface area contributed by atoms with Gasteiger partial charge in [0.2, 0.25) is 22.8 Å². The third-order valence-electron chi connectivity index (χ3n) is 3.97. The lowest BCUT2D eigenvalue weighted by molar-refractivity contribution is 0.324. The highest BCUT2D eigenvalue weighted by molar-refractivity contribution is 7.22. The summed E-state index contributed by atoms with van der Waals surface area (Å²) >= 11 is 1.36. The number of guanidine groups is 2. The summed E-state index contributed by atoms with van der Waals surface area (Å²) in [5.74, 6) is 2.05. The molecule has 2 aromatic carbocycles. The fourth-order valence-electron chi connectivity index (χ4n) is 2.70. The number of rotatable bonds is 6. The Labute approximate surface area is 177 Å². The van der Waals surface area contributed by atoms with Gasteiger partial charge < -0.3 is 35.7 Å². The molecule has 0 unspecified atom stereocenters. The highest BCUT2D eigenvalue weighted by Crippen LogP contribution is 2.40. The molecule has 0 saturated heterocycles. The molecule has 0 spiro atoms. The van der Waals surface area contributed by atoms with Crippen molar-refractivity contribution in [2.45, 2.75) is 0 Å². The Bertz CT molecular complexity index is 1090. The maximum Gasteiger partial charge on any atom is 0.226 e. The monoisotopic (exact) mass is 430 g/mol. The van der Waals surface area contributed by atoms with Gasteiger partial charge in [-0.15, -0.1) is 0 Å². The van der Waals surface area contributed by atoms with E-state index >= 15 is 0 Å². The van der Waals surface area contributed by atoms with E-state index in [0.29, 0.717) is 39.3 Å². The summed E-state index contributed by atoms with van der Waals surface area (Å²) < 4.78 is 22.2. The van der Waals surface area contributed by atoms with Gasteiger partial charge in [-0.1, -0.05) is 17.4 Å². The molecule has 158 valence electrons. The van der Waals surface area contributed by atoms with Gasteiger partial charge in [0.25, 0.3) is 0 Å². The van der Waals surface area contributed by atoms with Crippen LogP contribution in [0.15, 0.2) is 40.3 Å². The van der Waals surface area contributed by atoms with Crippen molar-refractivity contribution in [3.63, 3.8) is 0 Å². The average Bonchev–Trinajstić information content (AvgIpc) is 3.14. The van der Waals surface area contributed by atoms with Gasteiger partial charge in [0.1, 0.15) is 11.3 Å². The predicted molar refractivity (Wildman–Crippen MR) is 119 cm³/mol. The van der Waals surface area contributed by atoms with Crippen LogP contribution in [0.25, 0.3) is 10.2 Å². The van der Waals surface area contributed by atoms with Gasteiger partial charge in [-0.25, -0.2) is 4.98 Å². The van der Waals surface area contributed by atoms with Gasteiger partial charge >= 0.3 is 0 Å². The maximum absolute atomic E-state index is 5.96. The number of methoxy groups -OCH3 is 4.